The number of aromatic nitrogens is 1. The lowest BCUT2D eigenvalue weighted by atomic mass is 9.75. The summed E-state index contributed by atoms with van der Waals surface area (Å²) in [7, 11) is 0. The number of primary amides is 1. The summed E-state index contributed by atoms with van der Waals surface area (Å²) < 4.78 is 60.2. The molecule has 4 aromatic rings. The summed E-state index contributed by atoms with van der Waals surface area (Å²) >= 11 is 0. The van der Waals surface area contributed by atoms with Gasteiger partial charge < -0.3 is 16.0 Å². The van der Waals surface area contributed by atoms with Gasteiger partial charge in [-0.3, -0.25) is 19.4 Å². The Morgan fingerprint density at radius 1 is 0.958 bits per heavy atom. The Morgan fingerprint density at radius 3 is 2.27 bits per heavy atom. The number of Topliss-reactive ketones (excluding diaryl/α,β-unsaturated/α-hetero) is 1. The van der Waals surface area contributed by atoms with Crippen molar-refractivity contribution in [2.75, 3.05) is 4.90 Å². The average Bonchev–Trinajstić information content (AvgIpc) is 3.98. The molecule has 4 atom stereocenters. The predicted octanol–water partition coefficient (Wildman–Crippen LogP) is 6.67. The zero-order chi connectivity index (χ0) is 33.9. The largest absolute Gasteiger partial charge is 0.365 e. The maximum atomic E-state index is 16.4. The third-order valence-corrected chi connectivity index (χ3v) is 9.50. The summed E-state index contributed by atoms with van der Waals surface area (Å²) in [4.78, 5) is 45.4. The Balaban J connectivity index is 1.42. The minimum Gasteiger partial charge on any atom is -0.365 e. The number of amides is 2. The Labute approximate surface area is 273 Å². The number of hydrogen-bond donors (Lipinski definition) is 2. The van der Waals surface area contributed by atoms with Crippen molar-refractivity contribution in [2.45, 2.75) is 44.2 Å². The lowest BCUT2D eigenvalue weighted by Crippen LogP contribution is -2.41. The van der Waals surface area contributed by atoms with E-state index in [1.54, 1.807) is 48.5 Å². The second kappa shape index (κ2) is 12.0. The molecule has 2 fully saturated rings. The van der Waals surface area contributed by atoms with Gasteiger partial charge in [-0.25, -0.2) is 17.6 Å². The standard InChI is InChI=1S/C37H30F4N4O3/c1-18-30(37(48)44-34(26-16-29(26)46)20-13-21(38)15-22(39)14-20)24-6-2-8-27(40)32(24)35(45(18)23-5-4-12-43-17-23)31(19-10-11-19)25-7-3-9-28(41)33(25)36(42)47/h2-9,12-15,17,19,26,31,34-35H,10-11,16H2,1H3,(H2,42,47)(H,44,48)/t26?,31?,34-,35+/m1/s1. The van der Waals surface area contributed by atoms with E-state index in [0.29, 0.717) is 23.0 Å². The second-order valence-corrected chi connectivity index (χ2v) is 12.5. The van der Waals surface area contributed by atoms with E-state index < -0.39 is 59.0 Å². The van der Waals surface area contributed by atoms with Crippen LogP contribution in [0.5, 0.6) is 0 Å². The van der Waals surface area contributed by atoms with Gasteiger partial charge in [0.25, 0.3) is 11.8 Å². The van der Waals surface area contributed by atoms with Gasteiger partial charge >= 0.3 is 0 Å². The molecule has 7 rings (SSSR count). The Kier molecular flexibility index (Phi) is 7.85. The molecule has 3 aliphatic rings. The number of fused-ring (bicyclic) bond motifs is 1. The summed E-state index contributed by atoms with van der Waals surface area (Å²) in [5.41, 5.74) is 7.21. The zero-order valence-electron chi connectivity index (χ0n) is 25.7. The minimum atomic E-state index is -1.04. The van der Waals surface area contributed by atoms with Crippen LogP contribution in [0.3, 0.4) is 0 Å². The lowest BCUT2D eigenvalue weighted by molar-refractivity contribution is -0.116. The van der Waals surface area contributed by atoms with Crippen molar-refractivity contribution in [3.8, 4) is 0 Å². The van der Waals surface area contributed by atoms with E-state index in [1.165, 1.54) is 18.2 Å². The fourth-order valence-electron chi connectivity index (χ4n) is 7.25. The molecule has 1 aliphatic heterocycles. The average molecular weight is 655 g/mol. The molecular formula is C37H30F4N4O3. The van der Waals surface area contributed by atoms with Gasteiger partial charge in [0.2, 0.25) is 0 Å². The van der Waals surface area contributed by atoms with E-state index in [0.717, 1.165) is 31.0 Å². The Hall–Kier alpha value is -5.32. The van der Waals surface area contributed by atoms with Crippen LogP contribution in [0, 0.1) is 35.1 Å². The van der Waals surface area contributed by atoms with Crippen molar-refractivity contribution >= 4 is 28.9 Å². The fraction of sp³-hybridized carbons (Fsp3) is 0.243. The number of benzene rings is 3. The molecule has 48 heavy (non-hydrogen) atoms. The highest BCUT2D eigenvalue weighted by atomic mass is 19.1. The highest BCUT2D eigenvalue weighted by Gasteiger charge is 2.49. The Morgan fingerprint density at radius 2 is 1.65 bits per heavy atom. The van der Waals surface area contributed by atoms with Gasteiger partial charge in [0.1, 0.15) is 29.1 Å². The molecule has 3 N–H and O–H groups in total. The van der Waals surface area contributed by atoms with Crippen molar-refractivity contribution in [3.63, 3.8) is 0 Å². The van der Waals surface area contributed by atoms with Crippen molar-refractivity contribution in [2.24, 2.45) is 17.6 Å². The molecule has 244 valence electrons. The first-order valence-electron chi connectivity index (χ1n) is 15.6. The first-order chi connectivity index (χ1) is 23.0. The van der Waals surface area contributed by atoms with E-state index in [-0.39, 0.29) is 45.9 Å². The third kappa shape index (κ3) is 5.52. The zero-order valence-corrected chi connectivity index (χ0v) is 25.7. The quantitative estimate of drug-likeness (QED) is 0.196. The molecule has 11 heteroatoms. The first-order valence-corrected chi connectivity index (χ1v) is 15.6. The van der Waals surface area contributed by atoms with Crippen LogP contribution in [-0.2, 0) is 9.59 Å². The van der Waals surface area contributed by atoms with Gasteiger partial charge in [-0.2, -0.15) is 0 Å². The molecule has 0 saturated heterocycles. The highest BCUT2D eigenvalue weighted by Crippen LogP contribution is 2.57. The van der Waals surface area contributed by atoms with Crippen molar-refractivity contribution < 1.29 is 31.9 Å². The second-order valence-electron chi connectivity index (χ2n) is 12.5. The highest BCUT2D eigenvalue weighted by molar-refractivity contribution is 6.22. The summed E-state index contributed by atoms with van der Waals surface area (Å²) in [6.07, 6.45) is 4.71. The third-order valence-electron chi connectivity index (χ3n) is 9.50. The molecule has 7 nitrogen and oxygen atoms in total. The molecular weight excluding hydrogens is 624 g/mol. The van der Waals surface area contributed by atoms with Crippen molar-refractivity contribution in [3.05, 3.63) is 136 Å². The molecule has 2 aliphatic carbocycles. The number of pyridine rings is 1. The molecule has 2 unspecified atom stereocenters. The number of rotatable bonds is 9. The van der Waals surface area contributed by atoms with Crippen LogP contribution in [-0.4, -0.2) is 22.6 Å². The van der Waals surface area contributed by atoms with E-state index in [9.17, 15) is 23.2 Å². The number of carbonyl (C=O) groups is 3. The summed E-state index contributed by atoms with van der Waals surface area (Å²) in [5, 5.41) is 2.83. The number of halogens is 4. The number of ketones is 1. The van der Waals surface area contributed by atoms with Gasteiger partial charge in [-0.15, -0.1) is 0 Å². The van der Waals surface area contributed by atoms with Crippen LogP contribution >= 0.6 is 0 Å². The van der Waals surface area contributed by atoms with Crippen LogP contribution < -0.4 is 16.0 Å². The molecule has 0 bridgehead atoms. The number of nitrogens with zero attached hydrogens (tertiary/aromatic N) is 2. The lowest BCUT2D eigenvalue weighted by Gasteiger charge is -2.45. The van der Waals surface area contributed by atoms with Gasteiger partial charge in [0.05, 0.1) is 35.1 Å². The van der Waals surface area contributed by atoms with Crippen molar-refractivity contribution in [1.29, 1.82) is 0 Å². The number of carbonyl (C=O) groups excluding carboxylic acids is 3. The maximum absolute atomic E-state index is 16.4. The molecule has 0 spiro atoms. The molecule has 2 heterocycles. The summed E-state index contributed by atoms with van der Waals surface area (Å²) in [6.45, 7) is 1.69. The number of nitrogens with one attached hydrogen (secondary N) is 1. The Bertz CT molecular complexity index is 1990. The summed E-state index contributed by atoms with van der Waals surface area (Å²) in [5.74, 6) is -6.34. The molecule has 2 saturated carbocycles. The van der Waals surface area contributed by atoms with E-state index in [1.807, 2.05) is 0 Å². The van der Waals surface area contributed by atoms with E-state index >= 15 is 8.78 Å². The predicted molar refractivity (Wildman–Crippen MR) is 169 cm³/mol. The number of anilines is 1. The summed E-state index contributed by atoms with van der Waals surface area (Å²) in [6, 6.07) is 13.0. The van der Waals surface area contributed by atoms with Crippen LogP contribution in [0.25, 0.3) is 5.57 Å². The molecule has 0 radical (unpaired) electrons. The first kappa shape index (κ1) is 31.3. The minimum absolute atomic E-state index is 0.0714. The normalized spacial score (nSPS) is 19.9. The topological polar surface area (TPSA) is 105 Å². The molecule has 3 aromatic carbocycles. The van der Waals surface area contributed by atoms with Gasteiger partial charge in [0.15, 0.2) is 0 Å². The van der Waals surface area contributed by atoms with E-state index in [2.05, 4.69) is 10.3 Å². The van der Waals surface area contributed by atoms with Gasteiger partial charge in [0, 0.05) is 41.8 Å². The van der Waals surface area contributed by atoms with Crippen LogP contribution in [0.4, 0.5) is 23.2 Å². The number of hydrogen-bond acceptors (Lipinski definition) is 5. The number of allylic oxidation sites excluding steroid dienone is 1. The molecule has 1 aromatic heterocycles. The monoisotopic (exact) mass is 654 g/mol. The van der Waals surface area contributed by atoms with Gasteiger partial charge in [-0.1, -0.05) is 24.3 Å². The van der Waals surface area contributed by atoms with Crippen LogP contribution in [0.15, 0.2) is 84.8 Å². The van der Waals surface area contributed by atoms with Crippen LogP contribution in [0.1, 0.15) is 76.8 Å². The van der Waals surface area contributed by atoms with Crippen molar-refractivity contribution in [1.82, 2.24) is 10.3 Å². The SMILES string of the molecule is CC1=C(C(=O)N[C@H](c2cc(F)cc(F)c2)C2CC2=O)c2cccc(F)c2[C@H](C(c2cccc(F)c2C(N)=O)C2CC2)N1c1cccnc1. The van der Waals surface area contributed by atoms with E-state index in [4.69, 9.17) is 5.73 Å². The smallest absolute Gasteiger partial charge is 0.254 e. The fourth-order valence-corrected chi connectivity index (χ4v) is 7.25. The number of nitrogens with two attached hydrogens (primary N) is 1. The van der Waals surface area contributed by atoms with Crippen LogP contribution in [0.2, 0.25) is 0 Å². The maximum Gasteiger partial charge on any atom is 0.254 e. The molecule has 2 amide bonds. The van der Waals surface area contributed by atoms with Gasteiger partial charge in [-0.05, 0) is 78.8 Å².